The molecule has 7 heterocycles. The highest BCUT2D eigenvalue weighted by molar-refractivity contribution is 6.36. The summed E-state index contributed by atoms with van der Waals surface area (Å²) in [6, 6.07) is 43.8. The summed E-state index contributed by atoms with van der Waals surface area (Å²) in [5.41, 5.74) is 22.6. The molecule has 3 aliphatic heterocycles. The lowest BCUT2D eigenvalue weighted by Gasteiger charge is -2.42. The van der Waals surface area contributed by atoms with Crippen LogP contribution in [0.2, 0.25) is 15.1 Å². The van der Waals surface area contributed by atoms with Crippen LogP contribution in [0.1, 0.15) is 102 Å². The third kappa shape index (κ3) is 17.0. The predicted molar refractivity (Wildman–Crippen MR) is 503 cm³/mol. The summed E-state index contributed by atoms with van der Waals surface area (Å²) in [4.78, 5) is 111. The van der Waals surface area contributed by atoms with Gasteiger partial charge in [-0.15, -0.1) is 0 Å². The van der Waals surface area contributed by atoms with Gasteiger partial charge >= 0.3 is 0 Å². The van der Waals surface area contributed by atoms with Crippen molar-refractivity contribution >= 4 is 131 Å². The summed E-state index contributed by atoms with van der Waals surface area (Å²) in [7, 11) is 0. The number of rotatable bonds is 15. The smallest absolute Gasteiger partial charge is 0.274 e. The minimum atomic E-state index is -0.594. The summed E-state index contributed by atoms with van der Waals surface area (Å²) >= 11 is 20.7. The molecule has 0 radical (unpaired) electrons. The molecule has 15 rings (SSSR count). The third-order valence-corrected chi connectivity index (χ3v) is 24.2. The van der Waals surface area contributed by atoms with Crippen molar-refractivity contribution in [3.8, 4) is 62.3 Å². The van der Waals surface area contributed by atoms with Gasteiger partial charge in [0.25, 0.3) is 33.7 Å². The molecule has 24 nitrogen and oxygen atoms in total. The number of para-hydroxylation sites is 3. The number of amides is 3. The molecule has 3 amide bonds. The maximum Gasteiger partial charge on any atom is 0.274 e. The number of halogens is 4. The lowest BCUT2D eigenvalue weighted by molar-refractivity contribution is -0.127. The van der Waals surface area contributed by atoms with Crippen LogP contribution in [0.15, 0.2) is 210 Å². The van der Waals surface area contributed by atoms with Gasteiger partial charge in [-0.2, -0.15) is 5.26 Å². The predicted octanol–water partition coefficient (Wildman–Crippen LogP) is 19.3. The highest BCUT2D eigenvalue weighted by Gasteiger charge is 2.37. The molecule has 3 atom stereocenters. The number of anilines is 5. The Morgan fingerprint density at radius 3 is 1.14 bits per heavy atom. The Hall–Kier alpha value is -14.3. The van der Waals surface area contributed by atoms with Crippen LogP contribution in [-0.4, -0.2) is 138 Å². The van der Waals surface area contributed by atoms with Crippen LogP contribution >= 0.6 is 34.8 Å². The fraction of sp³-hybridized carbons (Fsp3) is 0.245. The van der Waals surface area contributed by atoms with Crippen LogP contribution in [0.4, 0.5) is 50.2 Å². The number of nitrogens with two attached hydrogens (primary N) is 2. The molecule has 126 heavy (non-hydrogen) atoms. The van der Waals surface area contributed by atoms with E-state index in [1.807, 2.05) is 134 Å². The summed E-state index contributed by atoms with van der Waals surface area (Å²) in [5, 5.41) is 22.9. The minimum absolute atomic E-state index is 0.00559. The van der Waals surface area contributed by atoms with E-state index < -0.39 is 22.5 Å². The lowest BCUT2D eigenvalue weighted by atomic mass is 9.97. The normalized spacial score (nSPS) is 15.1. The van der Waals surface area contributed by atoms with E-state index in [9.17, 15) is 43.5 Å². The number of nitrogen functional groups attached to an aromatic ring is 2. The van der Waals surface area contributed by atoms with Gasteiger partial charge in [-0.05, 0) is 152 Å². The number of fused-ring (bicyclic) bond motifs is 3. The molecule has 8 aromatic carbocycles. The number of phenolic OH excluding ortho intramolecular Hbond substituents is 1. The third-order valence-electron chi connectivity index (χ3n) is 23.3. The van der Waals surface area contributed by atoms with Crippen LogP contribution in [0.3, 0.4) is 0 Å². The van der Waals surface area contributed by atoms with Gasteiger partial charge in [0.05, 0.1) is 82.0 Å². The number of carbonyl (C=O) groups is 3. The van der Waals surface area contributed by atoms with Crippen molar-refractivity contribution in [3.05, 3.63) is 304 Å². The maximum atomic E-state index is 14.4. The standard InChI is InChI=1S/C34H31ClN6O2.C33H30ClFN4O3.C31H30ClN7O2/c1-6-31(42)39-13-14-40(21(4)19-39)33-26-16-27(35)25(24-12-11-22(18-36)15-28(24)37)17-30(26)41(34(43)32(33)38-5)29-10-8-7-9-23(29)20(2)3;1-6-30(41)37-13-14-38(20(4)18-37)32-25-16-26(34)24(23-12-11-21(35)15-29(23)40)17-28(25)39(33(42)31(32)36-5)27-10-8-7-9-22(27)19(2)3;1-6-27(40)37-11-12-38(19(4)17-37)29-23-13-24(32)22(20-15-35-31(33)36-16-20)14-26(23)39(30(41)28(29)34-5)25-10-8-7-9-21(25)18(2)3/h6-12,15-17,20-21H,1,13-14,19,37H2,2-4H3;6-12,15-17,19-20,40H,1,13-14,18H2,2-4H3;6-10,13-16,18-19H,1,11-12,17H2,2-4H3,(H2,33,35,36)/t21-;20-;19-/m000/s1. The van der Waals surface area contributed by atoms with E-state index in [0.29, 0.717) is 180 Å². The van der Waals surface area contributed by atoms with Gasteiger partial charge in [-0.3, -0.25) is 42.5 Å². The number of carbonyl (C=O) groups excluding carboxylic acids is 3. The van der Waals surface area contributed by atoms with Gasteiger partial charge in [0.15, 0.2) is 0 Å². The molecule has 0 saturated carbocycles. The Balaban J connectivity index is 0.000000162. The highest BCUT2D eigenvalue weighted by atomic mass is 35.5. The van der Waals surface area contributed by atoms with E-state index in [1.165, 1.54) is 34.9 Å². The highest BCUT2D eigenvalue weighted by Crippen LogP contribution is 2.48. The molecule has 0 unspecified atom stereocenters. The first-order valence-electron chi connectivity index (χ1n) is 40.9. The first-order valence-corrected chi connectivity index (χ1v) is 42.0. The van der Waals surface area contributed by atoms with Crippen LogP contribution in [0.5, 0.6) is 5.75 Å². The first-order chi connectivity index (χ1) is 60.3. The van der Waals surface area contributed by atoms with Crippen LogP contribution in [0, 0.1) is 36.9 Å². The van der Waals surface area contributed by atoms with Crippen molar-refractivity contribution in [1.82, 2.24) is 38.4 Å². The van der Waals surface area contributed by atoms with Crippen molar-refractivity contribution in [2.75, 3.05) is 85.1 Å². The number of pyridine rings is 3. The molecule has 4 aromatic heterocycles. The Morgan fingerprint density at radius 1 is 0.492 bits per heavy atom. The van der Waals surface area contributed by atoms with E-state index >= 15 is 0 Å². The Bertz CT molecular complexity index is 6830. The summed E-state index contributed by atoms with van der Waals surface area (Å²) in [6.45, 7) is 57.1. The second-order valence-corrected chi connectivity index (χ2v) is 33.3. The van der Waals surface area contributed by atoms with Gasteiger partial charge < -0.3 is 46.0 Å². The fourth-order valence-corrected chi connectivity index (χ4v) is 18.0. The number of phenols is 1. The van der Waals surface area contributed by atoms with E-state index in [0.717, 1.165) is 22.8 Å². The number of aromatic hydroxyl groups is 1. The van der Waals surface area contributed by atoms with Gasteiger partial charge in [0.1, 0.15) is 11.6 Å². The monoisotopic (exact) mass is 1740 g/mol. The number of benzene rings is 8. The number of hydrogen-bond donors (Lipinski definition) is 3. The Labute approximate surface area is 743 Å². The van der Waals surface area contributed by atoms with Crippen LogP contribution in [0.25, 0.3) is 97.7 Å². The first kappa shape index (κ1) is 89.4. The van der Waals surface area contributed by atoms with E-state index in [-0.39, 0.29) is 87.4 Å². The van der Waals surface area contributed by atoms with Crippen molar-refractivity contribution < 1.29 is 23.9 Å². The van der Waals surface area contributed by atoms with Gasteiger partial charge in [-0.25, -0.2) is 28.9 Å². The largest absolute Gasteiger partial charge is 0.507 e. The van der Waals surface area contributed by atoms with Crippen LogP contribution in [-0.2, 0) is 14.4 Å². The number of piperazine rings is 3. The summed E-state index contributed by atoms with van der Waals surface area (Å²) < 4.78 is 18.6. The molecule has 0 spiro atoms. The molecule has 3 saturated heterocycles. The second-order valence-electron chi connectivity index (χ2n) is 32.0. The van der Waals surface area contributed by atoms with Gasteiger partial charge in [0, 0.05) is 166 Å². The molecule has 28 heteroatoms. The number of aromatic nitrogens is 5. The summed E-state index contributed by atoms with van der Waals surface area (Å²) in [5.74, 6) is -0.929. The molecule has 0 bridgehead atoms. The molecule has 638 valence electrons. The van der Waals surface area contributed by atoms with Crippen LogP contribution < -0.4 is 42.8 Å². The van der Waals surface area contributed by atoms with Crippen molar-refractivity contribution in [1.29, 1.82) is 5.26 Å². The second kappa shape index (κ2) is 37.4. The zero-order valence-electron chi connectivity index (χ0n) is 71.0. The van der Waals surface area contributed by atoms with E-state index in [1.54, 1.807) is 78.7 Å². The van der Waals surface area contributed by atoms with Gasteiger partial charge in [-0.1, -0.05) is 157 Å². The molecule has 5 N–H and O–H groups in total. The number of nitrogens with zero attached hydrogens (tertiary/aromatic N) is 15. The maximum absolute atomic E-state index is 14.4. The quantitative estimate of drug-likeness (QED) is 0.0489. The Kier molecular flexibility index (Phi) is 26.5. The zero-order chi connectivity index (χ0) is 90.7. The minimum Gasteiger partial charge on any atom is -0.507 e. The molecule has 3 fully saturated rings. The van der Waals surface area contributed by atoms with E-state index in [2.05, 4.69) is 78.0 Å². The molecule has 0 aliphatic carbocycles. The molecule has 12 aromatic rings. The number of nitriles is 1. The zero-order valence-corrected chi connectivity index (χ0v) is 73.2. The topological polar surface area (TPSA) is 272 Å². The molecule has 3 aliphatic rings. The SMILES string of the molecule is [C-]#[N+]c1c(N2CCN(C(=O)C=C)C[C@@H]2C)c2cc(Cl)c(-c3ccc(C#N)cc3N)cc2n(-c2ccccc2C(C)C)c1=O.[C-]#[N+]c1c(N2CCN(C(=O)C=C)C[C@@H]2C)c2cc(Cl)c(-c3ccc(F)cc3O)cc2n(-c2ccccc2C(C)C)c1=O.[C-]#[N+]c1c(N2CCN(C(=O)C=C)C[C@@H]2C)c2cc(Cl)c(-c3cnc(N)nc3)cc2n(-c2ccccc2C(C)C)c1=O. The van der Waals surface area contributed by atoms with E-state index in [4.69, 9.17) is 66.0 Å². The Morgan fingerprint density at radius 2 is 0.825 bits per heavy atom. The van der Waals surface area contributed by atoms with Crippen molar-refractivity contribution in [2.45, 2.75) is 98.2 Å². The molecular formula is C98H91Cl3FN17O7. The average Bonchev–Trinajstić information content (AvgIpc) is 0.735. The summed E-state index contributed by atoms with van der Waals surface area (Å²) in [6.07, 6.45) is 7.06. The van der Waals surface area contributed by atoms with Crippen molar-refractivity contribution in [3.63, 3.8) is 0 Å². The lowest BCUT2D eigenvalue weighted by Crippen LogP contribution is -2.53. The number of hydrogen-bond acceptors (Lipinski definition) is 15. The van der Waals surface area contributed by atoms with Gasteiger partial charge in [0.2, 0.25) is 23.7 Å². The average molecular weight is 1740 g/mol. The fourth-order valence-electron chi connectivity index (χ4n) is 17.2. The molecular weight excluding hydrogens is 1650 g/mol. The van der Waals surface area contributed by atoms with Crippen molar-refractivity contribution in [2.24, 2.45) is 0 Å².